The summed E-state index contributed by atoms with van der Waals surface area (Å²) in [6, 6.07) is 0.557. The van der Waals surface area contributed by atoms with Gasteiger partial charge in [0.05, 0.1) is 39.6 Å². The van der Waals surface area contributed by atoms with Gasteiger partial charge in [-0.3, -0.25) is 4.79 Å². The molecule has 0 unspecified atom stereocenters. The Bertz CT molecular complexity index is 303. The van der Waals surface area contributed by atoms with E-state index in [0.717, 1.165) is 26.2 Å². The van der Waals surface area contributed by atoms with Crippen LogP contribution in [0.2, 0.25) is 0 Å². The largest absolute Gasteiger partial charge is 0.662 e. The molecule has 7 nitrogen and oxygen atoms in total. The molecule has 24 heavy (non-hydrogen) atoms. The van der Waals surface area contributed by atoms with Crippen LogP contribution in [0.1, 0.15) is 19.8 Å². The Morgan fingerprint density at radius 1 is 1.04 bits per heavy atom. The number of hydrogen-bond donors (Lipinski definition) is 1. The average Bonchev–Trinajstić information content (AvgIpc) is 2.56. The third-order valence-corrected chi connectivity index (χ3v) is 3.84. The first kappa shape index (κ1) is 23.9. The first-order chi connectivity index (χ1) is 11.2. The topological polar surface area (TPSA) is 74.1 Å². The Morgan fingerprint density at radius 2 is 1.58 bits per heavy atom. The maximum atomic E-state index is 10.6. The van der Waals surface area contributed by atoms with Crippen LogP contribution in [0.4, 0.5) is 0 Å². The van der Waals surface area contributed by atoms with Gasteiger partial charge in [-0.05, 0) is 13.1 Å². The molecule has 1 saturated heterocycles. The van der Waals surface area contributed by atoms with E-state index < -0.39 is 0 Å². The monoisotopic (exact) mass is 381 g/mol. The summed E-state index contributed by atoms with van der Waals surface area (Å²) < 4.78 is 16.3. The van der Waals surface area contributed by atoms with Crippen molar-refractivity contribution in [2.24, 2.45) is 0 Å². The minimum Gasteiger partial charge on any atom is -0.662 e. The van der Waals surface area contributed by atoms with Crippen molar-refractivity contribution in [3.05, 3.63) is 5.32 Å². The smallest absolute Gasteiger partial charge is 0.216 e. The van der Waals surface area contributed by atoms with Gasteiger partial charge in [0.25, 0.3) is 0 Å². The predicted molar refractivity (Wildman–Crippen MR) is 89.9 cm³/mol. The van der Waals surface area contributed by atoms with E-state index in [4.69, 9.17) is 14.2 Å². The van der Waals surface area contributed by atoms with Gasteiger partial charge < -0.3 is 29.7 Å². The van der Waals surface area contributed by atoms with Crippen molar-refractivity contribution < 1.29 is 37.6 Å². The van der Waals surface area contributed by atoms with Crippen LogP contribution in [-0.2, 0) is 37.6 Å². The number of likely N-dealkylation sites (tertiary alicyclic amines) is 1. The van der Waals surface area contributed by atoms with E-state index in [2.05, 4.69) is 15.5 Å². The molecule has 0 aromatic heterocycles. The number of nitrogens with one attached hydrogen (secondary N) is 1. The summed E-state index contributed by atoms with van der Waals surface area (Å²) in [6.07, 6.45) is 2.34. The van der Waals surface area contributed by atoms with E-state index in [9.17, 15) is 4.79 Å². The average molecular weight is 381 g/mol. The molecule has 1 aliphatic heterocycles. The van der Waals surface area contributed by atoms with E-state index in [1.807, 2.05) is 7.05 Å². The molecule has 0 bridgehead atoms. The number of carbonyl (C=O) groups excluding carboxylic acids is 1. The van der Waals surface area contributed by atoms with Crippen molar-refractivity contribution in [2.45, 2.75) is 25.8 Å². The van der Waals surface area contributed by atoms with Gasteiger partial charge in [-0.25, -0.2) is 0 Å². The van der Waals surface area contributed by atoms with E-state index in [1.165, 1.54) is 19.8 Å². The molecule has 1 N–H and O–H groups in total. The zero-order valence-corrected chi connectivity index (χ0v) is 16.4. The molecule has 0 atom stereocenters. The quantitative estimate of drug-likeness (QED) is 0.474. The molecule has 0 aromatic carbocycles. The summed E-state index contributed by atoms with van der Waals surface area (Å²) >= 11 is 0. The summed E-state index contributed by atoms with van der Waals surface area (Å²) in [5.74, 6) is -0.0354. The molecule has 1 heterocycles. The van der Waals surface area contributed by atoms with Crippen molar-refractivity contribution in [1.82, 2.24) is 10.2 Å². The zero-order valence-electron chi connectivity index (χ0n) is 15.0. The van der Waals surface area contributed by atoms with E-state index in [1.54, 1.807) is 0 Å². The van der Waals surface area contributed by atoms with Crippen LogP contribution in [0.25, 0.3) is 5.32 Å². The standard InChI is InChI=1S/C16H32N3O4.V/c1-15(20)18-5-9-21-11-13-23-14-12-22-10-8-19-6-3-16(17-2)4-7-19;/h16H,3-14H2,1-2H3,(H,18,20);/q-1;. The van der Waals surface area contributed by atoms with Gasteiger partial charge in [-0.2, -0.15) is 7.05 Å². The van der Waals surface area contributed by atoms with E-state index in [0.29, 0.717) is 45.6 Å². The molecule has 1 amide bonds. The molecule has 0 spiro atoms. The molecule has 1 radical (unpaired) electrons. The minimum absolute atomic E-state index is 0. The van der Waals surface area contributed by atoms with Crippen LogP contribution in [0, 0.1) is 0 Å². The zero-order chi connectivity index (χ0) is 16.8. The molecule has 1 rings (SSSR count). The normalized spacial score (nSPS) is 15.9. The van der Waals surface area contributed by atoms with Gasteiger partial charge >= 0.3 is 0 Å². The molecular formula is C16H32N3O4V-. The molecule has 1 fully saturated rings. The van der Waals surface area contributed by atoms with Crippen LogP contribution in [0.15, 0.2) is 0 Å². The Hall–Kier alpha value is -0.146. The molecule has 0 aliphatic carbocycles. The number of hydrogen-bond acceptors (Lipinski definition) is 5. The minimum atomic E-state index is -0.0354. The number of carbonyl (C=O) groups is 1. The van der Waals surface area contributed by atoms with Gasteiger partial charge in [0, 0.05) is 38.6 Å². The number of rotatable bonds is 13. The Morgan fingerprint density at radius 3 is 2.12 bits per heavy atom. The fraction of sp³-hybridized carbons (Fsp3) is 0.938. The second kappa shape index (κ2) is 16.3. The van der Waals surface area contributed by atoms with Gasteiger partial charge in [-0.1, -0.05) is 12.8 Å². The van der Waals surface area contributed by atoms with Crippen molar-refractivity contribution in [3.8, 4) is 0 Å². The molecule has 141 valence electrons. The second-order valence-corrected chi connectivity index (χ2v) is 5.65. The second-order valence-electron chi connectivity index (χ2n) is 5.65. The molecule has 1 aliphatic rings. The summed E-state index contributed by atoms with van der Waals surface area (Å²) in [5.41, 5.74) is 0. The number of ether oxygens (including phenoxy) is 3. The van der Waals surface area contributed by atoms with Crippen molar-refractivity contribution in [2.75, 3.05) is 72.9 Å². The van der Waals surface area contributed by atoms with Crippen LogP contribution < -0.4 is 5.32 Å². The van der Waals surface area contributed by atoms with E-state index in [-0.39, 0.29) is 24.5 Å². The third-order valence-electron chi connectivity index (χ3n) is 3.84. The first-order valence-corrected chi connectivity index (χ1v) is 8.51. The van der Waals surface area contributed by atoms with Gasteiger partial charge in [0.15, 0.2) is 0 Å². The third kappa shape index (κ3) is 13.2. The molecule has 8 heteroatoms. The maximum absolute atomic E-state index is 10.6. The Kier molecular flexibility index (Phi) is 16.2. The number of nitrogens with zero attached hydrogens (tertiary/aromatic N) is 2. The van der Waals surface area contributed by atoms with Gasteiger partial charge in [-0.15, -0.1) is 6.04 Å². The van der Waals surface area contributed by atoms with Crippen molar-refractivity contribution >= 4 is 5.91 Å². The fourth-order valence-electron chi connectivity index (χ4n) is 2.44. The first-order valence-electron chi connectivity index (χ1n) is 8.51. The fourth-order valence-corrected chi connectivity index (χ4v) is 2.44. The Labute approximate surface area is 158 Å². The number of piperidine rings is 1. The molecular weight excluding hydrogens is 349 g/mol. The van der Waals surface area contributed by atoms with Crippen molar-refractivity contribution in [1.29, 1.82) is 0 Å². The maximum Gasteiger partial charge on any atom is 0.216 e. The van der Waals surface area contributed by atoms with Crippen LogP contribution in [0.5, 0.6) is 0 Å². The van der Waals surface area contributed by atoms with Crippen LogP contribution in [0.3, 0.4) is 0 Å². The van der Waals surface area contributed by atoms with Crippen molar-refractivity contribution in [3.63, 3.8) is 0 Å². The summed E-state index contributed by atoms with van der Waals surface area (Å²) in [6.45, 7) is 8.84. The summed E-state index contributed by atoms with van der Waals surface area (Å²) in [5, 5.41) is 7.02. The SMILES string of the molecule is C[N-]C1CCN(CCOCCOCCOCCNC(C)=O)CC1.[V]. The number of amides is 1. The summed E-state index contributed by atoms with van der Waals surface area (Å²) in [7, 11) is 1.91. The van der Waals surface area contributed by atoms with Crippen LogP contribution in [-0.4, -0.2) is 89.7 Å². The Balaban J connectivity index is 0.00000529. The molecule has 0 aromatic rings. The van der Waals surface area contributed by atoms with Crippen LogP contribution >= 0.6 is 0 Å². The summed E-state index contributed by atoms with van der Waals surface area (Å²) in [4.78, 5) is 13.1. The van der Waals surface area contributed by atoms with E-state index >= 15 is 0 Å². The predicted octanol–water partition coefficient (Wildman–Crippen LogP) is 0.638. The van der Waals surface area contributed by atoms with Gasteiger partial charge in [0.2, 0.25) is 5.91 Å². The van der Waals surface area contributed by atoms with Gasteiger partial charge in [0.1, 0.15) is 0 Å². The molecule has 0 saturated carbocycles.